The van der Waals surface area contributed by atoms with Gasteiger partial charge in [0.25, 0.3) is 0 Å². The highest BCUT2D eigenvalue weighted by atomic mass is 19.4. The Labute approximate surface area is 112 Å². The standard InChI is InChI=1S/C11H12F3N3O3/c12-11(13,14)6-20-8-4-2-1-3-7(8)16-5-9(18)17-10(15)19/h1-4,16H,5-6H2,(H3,15,17,18,19). The number of hydrogen-bond donors (Lipinski definition) is 3. The number of imide groups is 1. The van der Waals surface area contributed by atoms with Gasteiger partial charge >= 0.3 is 12.2 Å². The summed E-state index contributed by atoms with van der Waals surface area (Å²) in [6.45, 7) is -1.78. The molecule has 20 heavy (non-hydrogen) atoms. The minimum atomic E-state index is -4.46. The third-order valence-corrected chi connectivity index (χ3v) is 1.98. The maximum Gasteiger partial charge on any atom is 0.422 e. The van der Waals surface area contributed by atoms with Gasteiger partial charge in [-0.3, -0.25) is 10.1 Å². The van der Waals surface area contributed by atoms with Gasteiger partial charge in [0.2, 0.25) is 5.91 Å². The van der Waals surface area contributed by atoms with Crippen LogP contribution in [0.15, 0.2) is 24.3 Å². The van der Waals surface area contributed by atoms with E-state index in [4.69, 9.17) is 5.73 Å². The van der Waals surface area contributed by atoms with Gasteiger partial charge < -0.3 is 15.8 Å². The summed E-state index contributed by atoms with van der Waals surface area (Å²) < 4.78 is 40.8. The number of hydrogen-bond acceptors (Lipinski definition) is 4. The zero-order valence-electron chi connectivity index (χ0n) is 10.2. The second kappa shape index (κ2) is 6.64. The van der Waals surface area contributed by atoms with Crippen LogP contribution in [0.3, 0.4) is 0 Å². The Morgan fingerprint density at radius 2 is 1.90 bits per heavy atom. The number of para-hydroxylation sites is 2. The van der Waals surface area contributed by atoms with Crippen molar-refractivity contribution in [3.63, 3.8) is 0 Å². The van der Waals surface area contributed by atoms with Gasteiger partial charge in [0.05, 0.1) is 12.2 Å². The first-order valence-corrected chi connectivity index (χ1v) is 5.39. The fourth-order valence-corrected chi connectivity index (χ4v) is 1.26. The summed E-state index contributed by atoms with van der Waals surface area (Å²) in [5.41, 5.74) is 4.93. The Kier molecular flexibility index (Phi) is 5.18. The van der Waals surface area contributed by atoms with E-state index in [1.54, 1.807) is 11.4 Å². The zero-order valence-corrected chi connectivity index (χ0v) is 10.2. The molecule has 6 nitrogen and oxygen atoms in total. The molecule has 0 spiro atoms. The first kappa shape index (κ1) is 15.6. The number of amides is 3. The van der Waals surface area contributed by atoms with Gasteiger partial charge in [-0.05, 0) is 12.1 Å². The molecule has 1 rings (SSSR count). The van der Waals surface area contributed by atoms with Gasteiger partial charge in [-0.1, -0.05) is 12.1 Å². The molecule has 0 fully saturated rings. The second-order valence-corrected chi connectivity index (χ2v) is 3.67. The van der Waals surface area contributed by atoms with Gasteiger partial charge in [-0.25, -0.2) is 4.79 Å². The Morgan fingerprint density at radius 1 is 1.25 bits per heavy atom. The van der Waals surface area contributed by atoms with Crippen LogP contribution in [0.2, 0.25) is 0 Å². The number of anilines is 1. The van der Waals surface area contributed by atoms with Crippen molar-refractivity contribution in [1.29, 1.82) is 0 Å². The van der Waals surface area contributed by atoms with Crippen LogP contribution in [0.5, 0.6) is 5.75 Å². The Hall–Kier alpha value is -2.45. The van der Waals surface area contributed by atoms with Crippen molar-refractivity contribution < 1.29 is 27.5 Å². The molecule has 0 atom stereocenters. The second-order valence-electron chi connectivity index (χ2n) is 3.67. The SMILES string of the molecule is NC(=O)NC(=O)CNc1ccccc1OCC(F)(F)F. The van der Waals surface area contributed by atoms with Crippen molar-refractivity contribution in [2.45, 2.75) is 6.18 Å². The molecule has 1 aromatic rings. The molecule has 0 aromatic heterocycles. The van der Waals surface area contributed by atoms with Crippen LogP contribution in [0, 0.1) is 0 Å². The van der Waals surface area contributed by atoms with Crippen molar-refractivity contribution in [3.05, 3.63) is 24.3 Å². The monoisotopic (exact) mass is 291 g/mol. The highest BCUT2D eigenvalue weighted by molar-refractivity contribution is 5.95. The van der Waals surface area contributed by atoms with Crippen LogP contribution in [0.1, 0.15) is 0 Å². The lowest BCUT2D eigenvalue weighted by atomic mass is 10.3. The molecule has 4 N–H and O–H groups in total. The lowest BCUT2D eigenvalue weighted by Gasteiger charge is -2.14. The highest BCUT2D eigenvalue weighted by Crippen LogP contribution is 2.25. The van der Waals surface area contributed by atoms with Crippen LogP contribution in [0.25, 0.3) is 0 Å². The fraction of sp³-hybridized carbons (Fsp3) is 0.273. The van der Waals surface area contributed by atoms with E-state index in [9.17, 15) is 22.8 Å². The van der Waals surface area contributed by atoms with Crippen molar-refractivity contribution in [1.82, 2.24) is 5.32 Å². The Bertz CT molecular complexity index is 491. The van der Waals surface area contributed by atoms with Crippen LogP contribution in [0.4, 0.5) is 23.7 Å². The molecule has 110 valence electrons. The van der Waals surface area contributed by atoms with Crippen LogP contribution in [-0.2, 0) is 4.79 Å². The Balaban J connectivity index is 2.61. The number of benzene rings is 1. The molecule has 0 aliphatic rings. The van der Waals surface area contributed by atoms with Crippen molar-refractivity contribution in [2.75, 3.05) is 18.5 Å². The van der Waals surface area contributed by atoms with E-state index in [1.807, 2.05) is 0 Å². The average molecular weight is 291 g/mol. The number of alkyl halides is 3. The van der Waals surface area contributed by atoms with Crippen molar-refractivity contribution in [2.24, 2.45) is 5.73 Å². The minimum absolute atomic E-state index is 0.0586. The molecule has 0 unspecified atom stereocenters. The van der Waals surface area contributed by atoms with E-state index in [2.05, 4.69) is 10.1 Å². The normalized spacial score (nSPS) is 10.8. The van der Waals surface area contributed by atoms with E-state index in [0.717, 1.165) is 0 Å². The molecule has 0 radical (unpaired) electrons. The summed E-state index contributed by atoms with van der Waals surface area (Å²) in [5, 5.41) is 4.35. The molecule has 9 heteroatoms. The molecule has 0 aliphatic heterocycles. The Morgan fingerprint density at radius 3 is 2.50 bits per heavy atom. The quantitative estimate of drug-likeness (QED) is 0.760. The summed E-state index contributed by atoms with van der Waals surface area (Å²) in [4.78, 5) is 21.6. The van der Waals surface area contributed by atoms with Gasteiger partial charge in [0, 0.05) is 0 Å². The highest BCUT2D eigenvalue weighted by Gasteiger charge is 2.28. The number of nitrogens with two attached hydrogens (primary N) is 1. The van der Waals surface area contributed by atoms with Gasteiger partial charge in [0.15, 0.2) is 6.61 Å². The summed E-state index contributed by atoms with van der Waals surface area (Å²) >= 11 is 0. The van der Waals surface area contributed by atoms with E-state index in [0.29, 0.717) is 0 Å². The largest absolute Gasteiger partial charge is 0.482 e. The first-order valence-electron chi connectivity index (χ1n) is 5.39. The third kappa shape index (κ3) is 5.94. The minimum Gasteiger partial charge on any atom is -0.482 e. The molecule has 0 bridgehead atoms. The summed E-state index contributed by atoms with van der Waals surface area (Å²) in [7, 11) is 0. The fourth-order valence-electron chi connectivity index (χ4n) is 1.26. The predicted molar refractivity (Wildman–Crippen MR) is 64.2 cm³/mol. The maximum absolute atomic E-state index is 12.1. The van der Waals surface area contributed by atoms with Crippen molar-refractivity contribution in [3.8, 4) is 5.75 Å². The molecule has 1 aromatic carbocycles. The molecular weight excluding hydrogens is 279 g/mol. The number of halogens is 3. The molecule has 0 heterocycles. The van der Waals surface area contributed by atoms with E-state index in [-0.39, 0.29) is 18.0 Å². The average Bonchev–Trinajstić information content (AvgIpc) is 2.33. The van der Waals surface area contributed by atoms with Gasteiger partial charge in [0.1, 0.15) is 5.75 Å². The van der Waals surface area contributed by atoms with Crippen molar-refractivity contribution >= 4 is 17.6 Å². The molecule has 0 aliphatic carbocycles. The number of primary amides is 1. The smallest absolute Gasteiger partial charge is 0.422 e. The summed E-state index contributed by atoms with van der Waals surface area (Å²) in [6.07, 6.45) is -4.46. The number of carbonyl (C=O) groups excluding carboxylic acids is 2. The summed E-state index contributed by atoms with van der Waals surface area (Å²) in [5.74, 6) is -0.778. The molecule has 0 saturated carbocycles. The number of urea groups is 1. The number of carbonyl (C=O) groups is 2. The molecule has 0 saturated heterocycles. The lowest BCUT2D eigenvalue weighted by molar-refractivity contribution is -0.153. The maximum atomic E-state index is 12.1. The lowest BCUT2D eigenvalue weighted by Crippen LogP contribution is -2.38. The summed E-state index contributed by atoms with van der Waals surface area (Å²) in [6, 6.07) is 4.77. The van der Waals surface area contributed by atoms with Crippen LogP contribution >= 0.6 is 0 Å². The first-order chi connectivity index (χ1) is 9.28. The van der Waals surface area contributed by atoms with E-state index in [1.165, 1.54) is 18.2 Å². The number of ether oxygens (including phenoxy) is 1. The predicted octanol–water partition coefficient (Wildman–Crippen LogP) is 1.23. The molecule has 3 amide bonds. The number of nitrogens with one attached hydrogen (secondary N) is 2. The van der Waals surface area contributed by atoms with E-state index >= 15 is 0 Å². The van der Waals surface area contributed by atoms with E-state index < -0.39 is 24.7 Å². The molecular formula is C11H12F3N3O3. The van der Waals surface area contributed by atoms with Crippen LogP contribution < -0.4 is 21.1 Å². The number of rotatable bonds is 5. The van der Waals surface area contributed by atoms with Gasteiger partial charge in [-0.15, -0.1) is 0 Å². The topological polar surface area (TPSA) is 93.5 Å². The van der Waals surface area contributed by atoms with Crippen LogP contribution in [-0.4, -0.2) is 31.3 Å². The zero-order chi connectivity index (χ0) is 15.2. The third-order valence-electron chi connectivity index (χ3n) is 1.98. The van der Waals surface area contributed by atoms with Gasteiger partial charge in [-0.2, -0.15) is 13.2 Å².